The van der Waals surface area contributed by atoms with Crippen molar-refractivity contribution in [1.82, 2.24) is 4.90 Å². The van der Waals surface area contributed by atoms with Crippen molar-refractivity contribution in [3.05, 3.63) is 0 Å². The normalized spacial score (nSPS) is 28.9. The zero-order valence-electron chi connectivity index (χ0n) is 11.7. The first-order valence-electron chi connectivity index (χ1n) is 6.99. The molecule has 0 aromatic rings. The van der Waals surface area contributed by atoms with Crippen LogP contribution in [0.2, 0.25) is 0 Å². The van der Waals surface area contributed by atoms with E-state index in [1.54, 1.807) is 0 Å². The number of aliphatic hydroxyl groups is 1. The molecule has 0 bridgehead atoms. The molecule has 1 spiro atoms. The van der Waals surface area contributed by atoms with Gasteiger partial charge in [0.25, 0.3) is 0 Å². The Morgan fingerprint density at radius 3 is 2.44 bits per heavy atom. The van der Waals surface area contributed by atoms with Gasteiger partial charge in [-0.2, -0.15) is 0 Å². The molecule has 0 aromatic heterocycles. The smallest absolute Gasteiger partial charge is 0.409 e. The Morgan fingerprint density at radius 2 is 2.00 bits per heavy atom. The molecule has 1 saturated heterocycles. The highest BCUT2D eigenvalue weighted by Crippen LogP contribution is 2.64. The average molecular weight is 255 g/mol. The number of carbonyl (C=O) groups is 1. The van der Waals surface area contributed by atoms with Gasteiger partial charge in [-0.25, -0.2) is 4.79 Å². The first-order valence-corrected chi connectivity index (χ1v) is 6.99. The van der Waals surface area contributed by atoms with Gasteiger partial charge in [0.05, 0.1) is 6.61 Å². The van der Waals surface area contributed by atoms with E-state index >= 15 is 0 Å². The Morgan fingerprint density at radius 1 is 1.39 bits per heavy atom. The van der Waals surface area contributed by atoms with E-state index in [4.69, 9.17) is 4.74 Å². The van der Waals surface area contributed by atoms with Crippen molar-refractivity contribution in [2.45, 2.75) is 40.0 Å². The minimum Gasteiger partial charge on any atom is -0.450 e. The van der Waals surface area contributed by atoms with Crippen LogP contribution in [0.5, 0.6) is 0 Å². The Balaban J connectivity index is 1.93. The lowest BCUT2D eigenvalue weighted by Crippen LogP contribution is -2.60. The molecule has 4 heteroatoms. The summed E-state index contributed by atoms with van der Waals surface area (Å²) in [4.78, 5) is 13.5. The zero-order chi connectivity index (χ0) is 13.4. The fourth-order valence-electron chi connectivity index (χ4n) is 3.77. The number of piperidine rings is 1. The molecule has 1 aliphatic heterocycles. The Hall–Kier alpha value is -0.770. The molecule has 18 heavy (non-hydrogen) atoms. The molecular weight excluding hydrogens is 230 g/mol. The third-order valence-corrected chi connectivity index (χ3v) is 5.49. The molecule has 1 saturated carbocycles. The standard InChI is InChI=1S/C14H25NO3/c1-4-18-12(17)15-7-5-14(6-8-15)9-11(10-16)13(14,2)3/h11,16H,4-10H2,1-3H3. The van der Waals surface area contributed by atoms with Gasteiger partial charge in [-0.05, 0) is 42.9 Å². The highest BCUT2D eigenvalue weighted by atomic mass is 16.6. The Labute approximate surface area is 109 Å². The van der Waals surface area contributed by atoms with Gasteiger partial charge < -0.3 is 14.7 Å². The maximum Gasteiger partial charge on any atom is 0.409 e. The van der Waals surface area contributed by atoms with Crippen LogP contribution in [0.15, 0.2) is 0 Å². The van der Waals surface area contributed by atoms with Crippen LogP contribution in [-0.2, 0) is 4.74 Å². The first-order chi connectivity index (χ1) is 8.47. The third kappa shape index (κ3) is 1.91. The van der Waals surface area contributed by atoms with Crippen molar-refractivity contribution in [2.75, 3.05) is 26.3 Å². The van der Waals surface area contributed by atoms with Gasteiger partial charge in [-0.3, -0.25) is 0 Å². The number of likely N-dealkylation sites (tertiary alicyclic amines) is 1. The predicted molar refractivity (Wildman–Crippen MR) is 69.2 cm³/mol. The van der Waals surface area contributed by atoms with Crippen molar-refractivity contribution in [3.63, 3.8) is 0 Å². The lowest BCUT2D eigenvalue weighted by molar-refractivity contribution is -0.163. The van der Waals surface area contributed by atoms with Crippen molar-refractivity contribution in [2.24, 2.45) is 16.7 Å². The fraction of sp³-hybridized carbons (Fsp3) is 0.929. The van der Waals surface area contributed by atoms with Crippen molar-refractivity contribution in [3.8, 4) is 0 Å². The van der Waals surface area contributed by atoms with Gasteiger partial charge in [-0.15, -0.1) is 0 Å². The number of rotatable bonds is 2. The van der Waals surface area contributed by atoms with Crippen LogP contribution in [0.4, 0.5) is 4.79 Å². The highest BCUT2D eigenvalue weighted by molar-refractivity contribution is 5.67. The highest BCUT2D eigenvalue weighted by Gasteiger charge is 2.59. The number of aliphatic hydroxyl groups excluding tert-OH is 1. The molecule has 1 unspecified atom stereocenters. The molecule has 0 aromatic carbocycles. The fourth-order valence-corrected chi connectivity index (χ4v) is 3.77. The molecular formula is C14H25NO3. The lowest BCUT2D eigenvalue weighted by atomic mass is 9.42. The molecule has 1 aliphatic carbocycles. The van der Waals surface area contributed by atoms with Crippen LogP contribution in [0.25, 0.3) is 0 Å². The van der Waals surface area contributed by atoms with E-state index in [2.05, 4.69) is 13.8 Å². The largest absolute Gasteiger partial charge is 0.450 e. The number of amides is 1. The van der Waals surface area contributed by atoms with Crippen LogP contribution in [0, 0.1) is 16.7 Å². The van der Waals surface area contributed by atoms with Crippen molar-refractivity contribution < 1.29 is 14.6 Å². The summed E-state index contributed by atoms with van der Waals surface area (Å²) in [5.41, 5.74) is 0.520. The number of carbonyl (C=O) groups excluding carboxylic acids is 1. The number of nitrogens with zero attached hydrogens (tertiary/aromatic N) is 1. The molecule has 4 nitrogen and oxygen atoms in total. The second kappa shape index (κ2) is 4.72. The van der Waals surface area contributed by atoms with E-state index in [1.807, 2.05) is 11.8 Å². The van der Waals surface area contributed by atoms with Gasteiger partial charge in [0.1, 0.15) is 0 Å². The molecule has 2 aliphatic rings. The topological polar surface area (TPSA) is 49.8 Å². The van der Waals surface area contributed by atoms with Gasteiger partial charge in [0, 0.05) is 19.7 Å². The van der Waals surface area contributed by atoms with Gasteiger partial charge in [-0.1, -0.05) is 13.8 Å². The summed E-state index contributed by atoms with van der Waals surface area (Å²) in [7, 11) is 0. The Bertz CT molecular complexity index is 319. The van der Waals surface area contributed by atoms with Crippen LogP contribution < -0.4 is 0 Å². The van der Waals surface area contributed by atoms with Crippen molar-refractivity contribution >= 4 is 6.09 Å². The van der Waals surface area contributed by atoms with Crippen LogP contribution in [-0.4, -0.2) is 42.4 Å². The molecule has 104 valence electrons. The lowest BCUT2D eigenvalue weighted by Gasteiger charge is -2.64. The quantitative estimate of drug-likeness (QED) is 0.823. The molecule has 1 atom stereocenters. The summed E-state index contributed by atoms with van der Waals surface area (Å²) in [5.74, 6) is 0.423. The van der Waals surface area contributed by atoms with E-state index in [-0.39, 0.29) is 18.1 Å². The Kier molecular flexibility index (Phi) is 3.58. The monoisotopic (exact) mass is 255 g/mol. The minimum atomic E-state index is -0.178. The number of ether oxygens (including phenoxy) is 1. The average Bonchev–Trinajstić information content (AvgIpc) is 2.36. The van der Waals surface area contributed by atoms with Crippen LogP contribution in [0.3, 0.4) is 0 Å². The van der Waals surface area contributed by atoms with Gasteiger partial charge in [0.2, 0.25) is 0 Å². The second-order valence-electron chi connectivity index (χ2n) is 6.27. The van der Waals surface area contributed by atoms with E-state index in [1.165, 1.54) is 0 Å². The molecule has 0 radical (unpaired) electrons. The van der Waals surface area contributed by atoms with Crippen LogP contribution >= 0.6 is 0 Å². The molecule has 1 heterocycles. The zero-order valence-corrected chi connectivity index (χ0v) is 11.7. The number of hydrogen-bond donors (Lipinski definition) is 1. The molecule has 1 amide bonds. The maximum absolute atomic E-state index is 11.7. The summed E-state index contributed by atoms with van der Waals surface area (Å²) >= 11 is 0. The summed E-state index contributed by atoms with van der Waals surface area (Å²) in [6, 6.07) is 0. The maximum atomic E-state index is 11.7. The molecule has 2 rings (SSSR count). The van der Waals surface area contributed by atoms with E-state index < -0.39 is 0 Å². The summed E-state index contributed by atoms with van der Waals surface area (Å²) < 4.78 is 5.04. The van der Waals surface area contributed by atoms with E-state index in [0.717, 1.165) is 32.4 Å². The number of hydrogen-bond acceptors (Lipinski definition) is 3. The summed E-state index contributed by atoms with van der Waals surface area (Å²) in [6.45, 7) is 8.68. The SMILES string of the molecule is CCOC(=O)N1CCC2(CC1)CC(CO)C2(C)C. The molecule has 2 fully saturated rings. The third-order valence-electron chi connectivity index (χ3n) is 5.49. The van der Waals surface area contributed by atoms with Gasteiger partial charge >= 0.3 is 6.09 Å². The van der Waals surface area contributed by atoms with Crippen LogP contribution in [0.1, 0.15) is 40.0 Å². The van der Waals surface area contributed by atoms with E-state index in [0.29, 0.717) is 17.9 Å². The van der Waals surface area contributed by atoms with E-state index in [9.17, 15) is 9.90 Å². The van der Waals surface area contributed by atoms with Gasteiger partial charge in [0.15, 0.2) is 0 Å². The summed E-state index contributed by atoms with van der Waals surface area (Å²) in [5, 5.41) is 9.36. The first kappa shape index (κ1) is 13.7. The second-order valence-corrected chi connectivity index (χ2v) is 6.27. The summed E-state index contributed by atoms with van der Waals surface area (Å²) in [6.07, 6.45) is 3.00. The van der Waals surface area contributed by atoms with Crippen molar-refractivity contribution in [1.29, 1.82) is 0 Å². The predicted octanol–water partition coefficient (Wildman–Crippen LogP) is 2.26. The molecule has 1 N–H and O–H groups in total. The minimum absolute atomic E-state index is 0.178.